The number of carbonyl (C=O) groups is 3. The number of thiophene rings is 1. The van der Waals surface area contributed by atoms with Crippen molar-refractivity contribution in [1.29, 1.82) is 0 Å². The SMILES string of the molecule is Cc1ccc(C(=O)N2CCCC(C(=O)Oc3ccc(NC(=O)c4cccs4)cc3)C2)cc1. The molecule has 2 amide bonds. The van der Waals surface area contributed by atoms with Crippen LogP contribution in [0, 0.1) is 12.8 Å². The maximum absolute atomic E-state index is 12.8. The predicted molar refractivity (Wildman–Crippen MR) is 124 cm³/mol. The molecule has 1 aromatic heterocycles. The zero-order valence-corrected chi connectivity index (χ0v) is 18.6. The van der Waals surface area contributed by atoms with Crippen molar-refractivity contribution in [3.8, 4) is 5.75 Å². The van der Waals surface area contributed by atoms with Crippen molar-refractivity contribution in [2.75, 3.05) is 18.4 Å². The average molecular weight is 449 g/mol. The van der Waals surface area contributed by atoms with Gasteiger partial charge < -0.3 is 15.0 Å². The van der Waals surface area contributed by atoms with Gasteiger partial charge in [0.1, 0.15) is 5.75 Å². The minimum Gasteiger partial charge on any atom is -0.426 e. The fourth-order valence-corrected chi connectivity index (χ4v) is 4.26. The fraction of sp³-hybridized carbons (Fsp3) is 0.240. The van der Waals surface area contributed by atoms with E-state index in [2.05, 4.69) is 5.32 Å². The molecule has 0 aliphatic carbocycles. The van der Waals surface area contributed by atoms with E-state index in [1.807, 2.05) is 42.6 Å². The van der Waals surface area contributed by atoms with E-state index in [-0.39, 0.29) is 23.7 Å². The summed E-state index contributed by atoms with van der Waals surface area (Å²) in [6.07, 6.45) is 1.44. The van der Waals surface area contributed by atoms with Crippen LogP contribution in [0.3, 0.4) is 0 Å². The summed E-state index contributed by atoms with van der Waals surface area (Å²) >= 11 is 1.37. The number of nitrogens with one attached hydrogen (secondary N) is 1. The number of amides is 2. The zero-order chi connectivity index (χ0) is 22.5. The van der Waals surface area contributed by atoms with E-state index in [1.165, 1.54) is 11.3 Å². The van der Waals surface area contributed by atoms with E-state index in [0.717, 1.165) is 12.0 Å². The van der Waals surface area contributed by atoms with E-state index >= 15 is 0 Å². The molecule has 0 saturated carbocycles. The summed E-state index contributed by atoms with van der Waals surface area (Å²) < 4.78 is 5.55. The van der Waals surface area contributed by atoms with E-state index in [4.69, 9.17) is 4.74 Å². The molecule has 1 saturated heterocycles. The maximum atomic E-state index is 12.8. The molecule has 0 bridgehead atoms. The topological polar surface area (TPSA) is 75.7 Å². The summed E-state index contributed by atoms with van der Waals surface area (Å²) in [4.78, 5) is 40.0. The lowest BCUT2D eigenvalue weighted by Gasteiger charge is -2.31. The zero-order valence-electron chi connectivity index (χ0n) is 17.7. The number of hydrogen-bond donors (Lipinski definition) is 1. The standard InChI is InChI=1S/C25H24N2O4S/c1-17-6-8-18(9-7-17)24(29)27-14-2-4-19(16-27)25(30)31-21-12-10-20(11-13-21)26-23(28)22-5-3-15-32-22/h3,5-13,15,19H,2,4,14,16H2,1H3,(H,26,28). The molecule has 2 heterocycles. The Hall–Kier alpha value is -3.45. The molecule has 32 heavy (non-hydrogen) atoms. The minimum absolute atomic E-state index is 0.0617. The van der Waals surface area contributed by atoms with Gasteiger partial charge in [-0.25, -0.2) is 0 Å². The molecule has 3 aromatic rings. The third-order valence-electron chi connectivity index (χ3n) is 5.42. The second-order valence-electron chi connectivity index (χ2n) is 7.83. The van der Waals surface area contributed by atoms with Crippen molar-refractivity contribution in [2.45, 2.75) is 19.8 Å². The Kier molecular flexibility index (Phi) is 6.66. The van der Waals surface area contributed by atoms with Crippen molar-refractivity contribution in [3.05, 3.63) is 82.0 Å². The molecule has 1 aliphatic heterocycles. The molecule has 1 unspecified atom stereocenters. The summed E-state index contributed by atoms with van der Waals surface area (Å²) in [5, 5.41) is 4.66. The van der Waals surface area contributed by atoms with Crippen LogP contribution >= 0.6 is 11.3 Å². The number of carbonyl (C=O) groups excluding carboxylic acids is 3. The van der Waals surface area contributed by atoms with E-state index < -0.39 is 0 Å². The summed E-state index contributed by atoms with van der Waals surface area (Å²) in [7, 11) is 0. The molecule has 1 aliphatic rings. The molecule has 0 spiro atoms. The van der Waals surface area contributed by atoms with Crippen molar-refractivity contribution in [2.24, 2.45) is 5.92 Å². The van der Waals surface area contributed by atoms with Gasteiger partial charge in [-0.1, -0.05) is 23.8 Å². The van der Waals surface area contributed by atoms with Crippen LogP contribution in [-0.4, -0.2) is 35.8 Å². The van der Waals surface area contributed by atoms with E-state index in [1.54, 1.807) is 35.2 Å². The minimum atomic E-state index is -0.364. The van der Waals surface area contributed by atoms with Crippen LogP contribution in [0.5, 0.6) is 5.75 Å². The Morgan fingerprint density at radius 3 is 2.47 bits per heavy atom. The van der Waals surface area contributed by atoms with Crippen LogP contribution in [0.4, 0.5) is 5.69 Å². The Bertz CT molecular complexity index is 1090. The Labute approximate surface area is 190 Å². The Balaban J connectivity index is 1.33. The highest BCUT2D eigenvalue weighted by molar-refractivity contribution is 7.12. The Morgan fingerprint density at radius 1 is 1.03 bits per heavy atom. The number of aryl methyl sites for hydroxylation is 1. The first-order valence-electron chi connectivity index (χ1n) is 10.5. The van der Waals surface area contributed by atoms with E-state index in [9.17, 15) is 14.4 Å². The number of nitrogens with zero attached hydrogens (tertiary/aromatic N) is 1. The molecular weight excluding hydrogens is 424 g/mol. The van der Waals surface area contributed by atoms with Crippen LogP contribution < -0.4 is 10.1 Å². The van der Waals surface area contributed by atoms with E-state index in [0.29, 0.717) is 41.4 Å². The van der Waals surface area contributed by atoms with Gasteiger partial charge in [-0.05, 0) is 67.6 Å². The van der Waals surface area contributed by atoms with Gasteiger partial charge in [0.2, 0.25) is 0 Å². The van der Waals surface area contributed by atoms with Crippen LogP contribution in [0.15, 0.2) is 66.0 Å². The monoisotopic (exact) mass is 448 g/mol. The summed E-state index contributed by atoms with van der Waals surface area (Å²) in [6, 6.07) is 17.7. The summed E-state index contributed by atoms with van der Waals surface area (Å²) in [5.41, 5.74) is 2.35. The third-order valence-corrected chi connectivity index (χ3v) is 6.28. The second-order valence-corrected chi connectivity index (χ2v) is 8.78. The quantitative estimate of drug-likeness (QED) is 0.451. The van der Waals surface area contributed by atoms with Gasteiger partial charge in [-0.2, -0.15) is 0 Å². The fourth-order valence-electron chi connectivity index (χ4n) is 3.64. The van der Waals surface area contributed by atoms with Gasteiger partial charge in [0.05, 0.1) is 10.8 Å². The smallest absolute Gasteiger partial charge is 0.316 e. The number of likely N-dealkylation sites (tertiary alicyclic amines) is 1. The summed E-state index contributed by atoms with van der Waals surface area (Å²) in [6.45, 7) is 2.96. The van der Waals surface area contributed by atoms with Crippen LogP contribution in [0.2, 0.25) is 0 Å². The lowest BCUT2D eigenvalue weighted by Crippen LogP contribution is -2.43. The number of esters is 1. The molecule has 1 N–H and O–H groups in total. The number of benzene rings is 2. The van der Waals surface area contributed by atoms with Gasteiger partial charge >= 0.3 is 5.97 Å². The van der Waals surface area contributed by atoms with Crippen molar-refractivity contribution < 1.29 is 19.1 Å². The average Bonchev–Trinajstić information content (AvgIpc) is 3.36. The lowest BCUT2D eigenvalue weighted by molar-refractivity contribution is -0.140. The molecule has 164 valence electrons. The van der Waals surface area contributed by atoms with Gasteiger partial charge in [-0.15, -0.1) is 11.3 Å². The summed E-state index contributed by atoms with van der Waals surface area (Å²) in [5.74, 6) is -0.539. The number of ether oxygens (including phenoxy) is 1. The second kappa shape index (κ2) is 9.78. The van der Waals surface area contributed by atoms with Crippen LogP contribution in [0.1, 0.15) is 38.4 Å². The molecule has 7 heteroatoms. The lowest BCUT2D eigenvalue weighted by atomic mass is 9.97. The Morgan fingerprint density at radius 2 is 1.78 bits per heavy atom. The van der Waals surface area contributed by atoms with Crippen molar-refractivity contribution >= 4 is 34.8 Å². The molecule has 4 rings (SSSR count). The first-order valence-corrected chi connectivity index (χ1v) is 11.4. The normalized spacial score (nSPS) is 15.8. The number of piperidine rings is 1. The first kappa shape index (κ1) is 21.8. The van der Waals surface area contributed by atoms with Gasteiger partial charge in [0.15, 0.2) is 0 Å². The highest BCUT2D eigenvalue weighted by Crippen LogP contribution is 2.23. The number of rotatable bonds is 5. The molecule has 0 radical (unpaired) electrons. The highest BCUT2D eigenvalue weighted by Gasteiger charge is 2.30. The molecule has 1 fully saturated rings. The van der Waals surface area contributed by atoms with Gasteiger partial charge in [0.25, 0.3) is 11.8 Å². The van der Waals surface area contributed by atoms with Crippen LogP contribution in [-0.2, 0) is 4.79 Å². The third kappa shape index (κ3) is 5.23. The number of hydrogen-bond acceptors (Lipinski definition) is 5. The van der Waals surface area contributed by atoms with Crippen molar-refractivity contribution in [1.82, 2.24) is 4.90 Å². The highest BCUT2D eigenvalue weighted by atomic mass is 32.1. The van der Waals surface area contributed by atoms with Gasteiger partial charge in [-0.3, -0.25) is 14.4 Å². The van der Waals surface area contributed by atoms with Gasteiger partial charge in [0, 0.05) is 24.3 Å². The molecule has 2 aromatic carbocycles. The first-order chi connectivity index (χ1) is 15.5. The van der Waals surface area contributed by atoms with Crippen LogP contribution in [0.25, 0.3) is 0 Å². The maximum Gasteiger partial charge on any atom is 0.316 e. The van der Waals surface area contributed by atoms with Crippen molar-refractivity contribution in [3.63, 3.8) is 0 Å². The molecule has 1 atom stereocenters. The number of anilines is 1. The molecular formula is C25H24N2O4S. The largest absolute Gasteiger partial charge is 0.426 e. The molecule has 6 nitrogen and oxygen atoms in total. The predicted octanol–water partition coefficient (Wildman–Crippen LogP) is 4.77.